The lowest BCUT2D eigenvalue weighted by Crippen LogP contribution is -1.95. The maximum absolute atomic E-state index is 6.27. The molecule has 0 aliphatic rings. The molecule has 2 heterocycles. The molecule has 0 spiro atoms. The van der Waals surface area contributed by atoms with E-state index < -0.39 is 0 Å². The molecule has 39 heavy (non-hydrogen) atoms. The molecule has 0 N–H and O–H groups in total. The number of rotatable bonds is 2. The number of hydrogen-bond acceptors (Lipinski definition) is 3. The second kappa shape index (κ2) is 7.62. The number of fused-ring (bicyclic) bond motifs is 6. The molecular formula is C36H20N2O. The molecule has 0 unspecified atom stereocenters. The van der Waals surface area contributed by atoms with Gasteiger partial charge in [-0.3, -0.25) is 0 Å². The van der Waals surface area contributed by atoms with E-state index in [0.717, 1.165) is 44.7 Å². The molecule has 7 aromatic carbocycles. The topological polar surface area (TPSA) is 38.9 Å². The molecule has 0 atom stereocenters. The first kappa shape index (κ1) is 20.7. The number of nitrogens with zero attached hydrogens (tertiary/aromatic N) is 2. The van der Waals surface area contributed by atoms with E-state index in [2.05, 4.69) is 103 Å². The first-order chi connectivity index (χ1) is 19.3. The summed E-state index contributed by atoms with van der Waals surface area (Å²) in [5, 5.41) is 10.8. The van der Waals surface area contributed by atoms with Crippen molar-refractivity contribution < 1.29 is 4.42 Å². The lowest BCUT2D eigenvalue weighted by molar-refractivity contribution is 0.669. The average Bonchev–Trinajstić information content (AvgIpc) is 3.39. The molecule has 0 bridgehead atoms. The molecular weight excluding hydrogens is 476 g/mol. The first-order valence-electron chi connectivity index (χ1n) is 13.2. The smallest absolute Gasteiger partial charge is 0.160 e. The first-order valence-corrected chi connectivity index (χ1v) is 13.2. The lowest BCUT2D eigenvalue weighted by atomic mass is 9.90. The van der Waals surface area contributed by atoms with Gasteiger partial charge in [-0.25, -0.2) is 9.97 Å². The highest BCUT2D eigenvalue weighted by Crippen LogP contribution is 2.44. The second-order valence-corrected chi connectivity index (χ2v) is 10.2. The summed E-state index contributed by atoms with van der Waals surface area (Å²) in [6, 6.07) is 42.4. The van der Waals surface area contributed by atoms with Crippen LogP contribution in [-0.2, 0) is 0 Å². The summed E-state index contributed by atoms with van der Waals surface area (Å²) in [6.07, 6.45) is 0. The fourth-order valence-corrected chi connectivity index (χ4v) is 6.29. The molecule has 3 heteroatoms. The normalized spacial score (nSPS) is 12.1. The van der Waals surface area contributed by atoms with Gasteiger partial charge in [0.2, 0.25) is 0 Å². The summed E-state index contributed by atoms with van der Waals surface area (Å²) < 4.78 is 6.27. The minimum Gasteiger partial charge on any atom is -0.456 e. The Balaban J connectivity index is 1.39. The molecule has 0 amide bonds. The lowest BCUT2D eigenvalue weighted by Gasteiger charge is -2.13. The predicted octanol–water partition coefficient (Wildman–Crippen LogP) is 9.76. The van der Waals surface area contributed by atoms with Gasteiger partial charge in [0.1, 0.15) is 11.2 Å². The SMILES string of the molecule is c1ccc(-c2nc(-c3ccc4ccc5c6cccc7oc8cccc(c5c4c3)c8c76)nc3ccccc23)cc1. The molecule has 9 rings (SSSR count). The van der Waals surface area contributed by atoms with Gasteiger partial charge in [0.05, 0.1) is 11.2 Å². The monoisotopic (exact) mass is 496 g/mol. The van der Waals surface area contributed by atoms with Gasteiger partial charge in [-0.2, -0.15) is 0 Å². The summed E-state index contributed by atoms with van der Waals surface area (Å²) in [7, 11) is 0. The van der Waals surface area contributed by atoms with Crippen LogP contribution in [0.2, 0.25) is 0 Å². The van der Waals surface area contributed by atoms with Gasteiger partial charge >= 0.3 is 0 Å². The van der Waals surface area contributed by atoms with Crippen molar-refractivity contribution in [2.24, 2.45) is 0 Å². The van der Waals surface area contributed by atoms with E-state index in [1.165, 1.54) is 43.1 Å². The summed E-state index contributed by atoms with van der Waals surface area (Å²) in [5.74, 6) is 0.729. The summed E-state index contributed by atoms with van der Waals surface area (Å²) >= 11 is 0. The van der Waals surface area contributed by atoms with Crippen LogP contribution >= 0.6 is 0 Å². The minimum absolute atomic E-state index is 0.729. The van der Waals surface area contributed by atoms with Crippen LogP contribution in [0.25, 0.3) is 87.8 Å². The molecule has 0 radical (unpaired) electrons. The van der Waals surface area contributed by atoms with Crippen molar-refractivity contribution in [3.05, 3.63) is 121 Å². The van der Waals surface area contributed by atoms with Gasteiger partial charge < -0.3 is 4.42 Å². The maximum Gasteiger partial charge on any atom is 0.160 e. The second-order valence-electron chi connectivity index (χ2n) is 10.2. The molecule has 0 fully saturated rings. The largest absolute Gasteiger partial charge is 0.456 e. The van der Waals surface area contributed by atoms with Crippen LogP contribution in [0.15, 0.2) is 126 Å². The van der Waals surface area contributed by atoms with Crippen molar-refractivity contribution in [3.63, 3.8) is 0 Å². The minimum atomic E-state index is 0.729. The number of aromatic nitrogens is 2. The van der Waals surface area contributed by atoms with E-state index in [-0.39, 0.29) is 0 Å². The summed E-state index contributed by atoms with van der Waals surface area (Å²) in [5.41, 5.74) is 5.85. The van der Waals surface area contributed by atoms with Crippen LogP contribution < -0.4 is 0 Å². The zero-order valence-corrected chi connectivity index (χ0v) is 20.8. The number of furan rings is 1. The van der Waals surface area contributed by atoms with Crippen LogP contribution in [0, 0.1) is 0 Å². The Hall–Kier alpha value is -5.28. The van der Waals surface area contributed by atoms with E-state index >= 15 is 0 Å². The molecule has 3 nitrogen and oxygen atoms in total. The number of hydrogen-bond donors (Lipinski definition) is 0. The van der Waals surface area contributed by atoms with Crippen molar-refractivity contribution in [1.82, 2.24) is 9.97 Å². The Morgan fingerprint density at radius 3 is 2.00 bits per heavy atom. The maximum atomic E-state index is 6.27. The van der Waals surface area contributed by atoms with Crippen LogP contribution in [-0.4, -0.2) is 9.97 Å². The molecule has 0 aliphatic carbocycles. The van der Waals surface area contributed by atoms with Gasteiger partial charge in [0.25, 0.3) is 0 Å². The standard InChI is InChI=1S/C36H20N2O/c1-2-8-22(9-3-1)35-26-10-4-5-13-29(26)37-36(38-35)23-17-16-21-18-19-25-24-11-6-14-30-33(24)34-27(32(25)28(21)20-23)12-7-15-31(34)39-30/h1-20H. The van der Waals surface area contributed by atoms with E-state index in [4.69, 9.17) is 14.4 Å². The van der Waals surface area contributed by atoms with E-state index in [1.807, 2.05) is 18.2 Å². The van der Waals surface area contributed by atoms with Crippen LogP contribution in [0.5, 0.6) is 0 Å². The Bertz CT molecular complexity index is 2390. The van der Waals surface area contributed by atoms with Gasteiger partial charge in [0.15, 0.2) is 5.82 Å². The molecule has 9 aromatic rings. The third-order valence-electron chi connectivity index (χ3n) is 8.01. The molecule has 180 valence electrons. The molecule has 0 saturated heterocycles. The fourth-order valence-electron chi connectivity index (χ4n) is 6.29. The highest BCUT2D eigenvalue weighted by atomic mass is 16.3. The zero-order valence-electron chi connectivity index (χ0n) is 20.8. The average molecular weight is 497 g/mol. The van der Waals surface area contributed by atoms with E-state index in [9.17, 15) is 0 Å². The van der Waals surface area contributed by atoms with Gasteiger partial charge in [-0.05, 0) is 56.6 Å². The Morgan fingerprint density at radius 1 is 0.436 bits per heavy atom. The van der Waals surface area contributed by atoms with Gasteiger partial charge in [0, 0.05) is 27.3 Å². The Kier molecular flexibility index (Phi) is 4.05. The summed E-state index contributed by atoms with van der Waals surface area (Å²) in [6.45, 7) is 0. The molecule has 2 aromatic heterocycles. The Labute approximate surface area is 223 Å². The van der Waals surface area contributed by atoms with Crippen molar-refractivity contribution in [2.45, 2.75) is 0 Å². The van der Waals surface area contributed by atoms with Crippen LogP contribution in [0.3, 0.4) is 0 Å². The van der Waals surface area contributed by atoms with Crippen molar-refractivity contribution in [1.29, 1.82) is 0 Å². The third kappa shape index (κ3) is 2.87. The quantitative estimate of drug-likeness (QED) is 0.224. The predicted molar refractivity (Wildman–Crippen MR) is 161 cm³/mol. The fraction of sp³-hybridized carbons (Fsp3) is 0. The van der Waals surface area contributed by atoms with Crippen LogP contribution in [0.4, 0.5) is 0 Å². The van der Waals surface area contributed by atoms with Gasteiger partial charge in [-0.1, -0.05) is 97.1 Å². The summed E-state index contributed by atoms with van der Waals surface area (Å²) in [4.78, 5) is 10.2. The molecule has 0 saturated carbocycles. The third-order valence-corrected chi connectivity index (χ3v) is 8.01. The van der Waals surface area contributed by atoms with Crippen molar-refractivity contribution >= 4 is 65.2 Å². The number of benzene rings is 7. The van der Waals surface area contributed by atoms with E-state index in [0.29, 0.717) is 0 Å². The highest BCUT2D eigenvalue weighted by Gasteiger charge is 2.19. The van der Waals surface area contributed by atoms with Crippen molar-refractivity contribution in [2.75, 3.05) is 0 Å². The number of para-hydroxylation sites is 1. The van der Waals surface area contributed by atoms with Crippen LogP contribution in [0.1, 0.15) is 0 Å². The zero-order chi connectivity index (χ0) is 25.5. The van der Waals surface area contributed by atoms with Crippen molar-refractivity contribution in [3.8, 4) is 22.6 Å². The highest BCUT2D eigenvalue weighted by molar-refractivity contribution is 6.36. The van der Waals surface area contributed by atoms with Gasteiger partial charge in [-0.15, -0.1) is 0 Å². The van der Waals surface area contributed by atoms with E-state index in [1.54, 1.807) is 0 Å². The molecule has 0 aliphatic heterocycles. The Morgan fingerprint density at radius 2 is 1.13 bits per heavy atom.